The van der Waals surface area contributed by atoms with Gasteiger partial charge in [-0.1, -0.05) is 23.2 Å². The van der Waals surface area contributed by atoms with Crippen molar-refractivity contribution in [2.45, 2.75) is 6.92 Å². The Morgan fingerprint density at radius 2 is 2.29 bits per heavy atom. The van der Waals surface area contributed by atoms with Gasteiger partial charge in [0.2, 0.25) is 0 Å². The zero-order valence-electron chi connectivity index (χ0n) is 8.91. The second-order valence-corrected chi connectivity index (χ2v) is 3.76. The lowest BCUT2D eigenvalue weighted by Crippen LogP contribution is -2.18. The number of carbonyl (C=O) groups is 1. The summed E-state index contributed by atoms with van der Waals surface area (Å²) in [5.74, 6) is -0.162. The Morgan fingerprint density at radius 1 is 1.59 bits per heavy atom. The van der Waals surface area contributed by atoms with Gasteiger partial charge in [-0.05, 0) is 19.1 Å². The third-order valence-electron chi connectivity index (χ3n) is 1.69. The molecule has 0 unspecified atom stereocenters. The Morgan fingerprint density at radius 3 is 2.94 bits per heavy atom. The number of ether oxygens (including phenoxy) is 1. The molecule has 17 heavy (non-hydrogen) atoms. The Labute approximate surface area is 108 Å². The zero-order chi connectivity index (χ0) is 12.8. The topological polar surface area (TPSA) is 70.9 Å². The summed E-state index contributed by atoms with van der Waals surface area (Å²) < 4.78 is 4.58. The van der Waals surface area contributed by atoms with Crippen LogP contribution in [0.25, 0.3) is 0 Å². The van der Waals surface area contributed by atoms with E-state index in [1.165, 1.54) is 18.3 Å². The molecule has 92 valence electrons. The first-order valence-corrected chi connectivity index (χ1v) is 5.44. The molecule has 0 radical (unpaired) electrons. The molecule has 0 aliphatic heterocycles. The SMILES string of the molecule is CCOC(=O)N/N=C\c1cc(Cl)cc(Cl)c1O. The maximum atomic E-state index is 10.9. The van der Waals surface area contributed by atoms with Crippen LogP contribution in [-0.2, 0) is 4.74 Å². The highest BCUT2D eigenvalue weighted by molar-refractivity contribution is 6.36. The van der Waals surface area contributed by atoms with E-state index in [1.807, 2.05) is 0 Å². The summed E-state index contributed by atoms with van der Waals surface area (Å²) in [5, 5.41) is 13.6. The number of hydrogen-bond acceptors (Lipinski definition) is 4. The van der Waals surface area contributed by atoms with Crippen molar-refractivity contribution in [3.63, 3.8) is 0 Å². The number of carbonyl (C=O) groups excluding carboxylic acids is 1. The van der Waals surface area contributed by atoms with E-state index in [0.29, 0.717) is 10.6 Å². The number of rotatable bonds is 3. The van der Waals surface area contributed by atoms with Gasteiger partial charge in [0.05, 0.1) is 17.8 Å². The number of hydrogen-bond donors (Lipinski definition) is 2. The summed E-state index contributed by atoms with van der Waals surface area (Å²) >= 11 is 11.4. The summed E-state index contributed by atoms with van der Waals surface area (Å²) in [6.07, 6.45) is 0.528. The number of hydrazone groups is 1. The van der Waals surface area contributed by atoms with Crippen LogP contribution in [0.3, 0.4) is 0 Å². The Hall–Kier alpha value is -1.46. The van der Waals surface area contributed by atoms with Crippen molar-refractivity contribution >= 4 is 35.5 Å². The first-order chi connectivity index (χ1) is 8.04. The van der Waals surface area contributed by atoms with Gasteiger partial charge in [-0.3, -0.25) is 0 Å². The second-order valence-electron chi connectivity index (χ2n) is 2.92. The van der Waals surface area contributed by atoms with Gasteiger partial charge in [0.1, 0.15) is 5.75 Å². The number of aromatic hydroxyl groups is 1. The van der Waals surface area contributed by atoms with Crippen LogP contribution in [0.2, 0.25) is 10.0 Å². The summed E-state index contributed by atoms with van der Waals surface area (Å²) in [5.41, 5.74) is 2.40. The van der Waals surface area contributed by atoms with Gasteiger partial charge in [0.25, 0.3) is 0 Å². The third-order valence-corrected chi connectivity index (χ3v) is 2.20. The molecule has 1 aromatic carbocycles. The van der Waals surface area contributed by atoms with Crippen molar-refractivity contribution in [3.05, 3.63) is 27.7 Å². The number of phenolic OH excluding ortho intramolecular Hbond substituents is 1. The van der Waals surface area contributed by atoms with Crippen LogP contribution in [0, 0.1) is 0 Å². The van der Waals surface area contributed by atoms with E-state index in [4.69, 9.17) is 23.2 Å². The fraction of sp³-hybridized carbons (Fsp3) is 0.200. The van der Waals surface area contributed by atoms with Gasteiger partial charge in [-0.25, -0.2) is 10.2 Å². The number of halogens is 2. The molecule has 0 saturated carbocycles. The molecule has 0 bridgehead atoms. The molecule has 0 spiro atoms. The lowest BCUT2D eigenvalue weighted by molar-refractivity contribution is 0.152. The Balaban J connectivity index is 2.74. The monoisotopic (exact) mass is 276 g/mol. The van der Waals surface area contributed by atoms with Crippen LogP contribution in [0.4, 0.5) is 4.79 Å². The quantitative estimate of drug-likeness (QED) is 0.659. The van der Waals surface area contributed by atoms with Crippen molar-refractivity contribution in [1.82, 2.24) is 5.43 Å². The smallest absolute Gasteiger partial charge is 0.427 e. The minimum Gasteiger partial charge on any atom is -0.506 e. The normalized spacial score (nSPS) is 10.5. The molecule has 5 nitrogen and oxygen atoms in total. The highest BCUT2D eigenvalue weighted by Gasteiger charge is 2.06. The molecule has 0 aromatic heterocycles. The molecular formula is C10H10Cl2N2O3. The van der Waals surface area contributed by atoms with E-state index in [9.17, 15) is 9.90 Å². The molecule has 0 fully saturated rings. The highest BCUT2D eigenvalue weighted by Crippen LogP contribution is 2.29. The van der Waals surface area contributed by atoms with Gasteiger partial charge in [0, 0.05) is 10.6 Å². The Kier molecular flexibility index (Phi) is 5.06. The van der Waals surface area contributed by atoms with E-state index >= 15 is 0 Å². The lowest BCUT2D eigenvalue weighted by atomic mass is 10.2. The van der Waals surface area contributed by atoms with Gasteiger partial charge < -0.3 is 9.84 Å². The first kappa shape index (κ1) is 13.6. The van der Waals surface area contributed by atoms with Gasteiger partial charge in [-0.15, -0.1) is 0 Å². The number of nitrogens with zero attached hydrogens (tertiary/aromatic N) is 1. The molecule has 1 aromatic rings. The van der Waals surface area contributed by atoms with E-state index in [2.05, 4.69) is 15.3 Å². The highest BCUT2D eigenvalue weighted by atomic mass is 35.5. The first-order valence-electron chi connectivity index (χ1n) is 4.68. The van der Waals surface area contributed by atoms with E-state index in [-0.39, 0.29) is 17.4 Å². The predicted octanol–water partition coefficient (Wildman–Crippen LogP) is 2.78. The van der Waals surface area contributed by atoms with Crippen LogP contribution in [0.1, 0.15) is 12.5 Å². The van der Waals surface area contributed by atoms with E-state index in [1.54, 1.807) is 6.92 Å². The van der Waals surface area contributed by atoms with Crippen LogP contribution in [0.5, 0.6) is 5.75 Å². The third kappa shape index (κ3) is 4.13. The minimum atomic E-state index is -0.684. The van der Waals surface area contributed by atoms with Gasteiger partial charge in [0.15, 0.2) is 0 Å². The van der Waals surface area contributed by atoms with E-state index < -0.39 is 6.09 Å². The molecule has 7 heteroatoms. The maximum absolute atomic E-state index is 10.9. The standard InChI is InChI=1S/C10H10Cl2N2O3/c1-2-17-10(16)14-13-5-6-3-7(11)4-8(12)9(6)15/h3-5,15H,2H2,1H3,(H,14,16)/b13-5-. The molecule has 0 aliphatic rings. The van der Waals surface area contributed by atoms with Crippen molar-refractivity contribution in [3.8, 4) is 5.75 Å². The summed E-state index contributed by atoms with van der Waals surface area (Å²) in [6.45, 7) is 1.92. The molecule has 2 N–H and O–H groups in total. The number of nitrogens with one attached hydrogen (secondary N) is 1. The maximum Gasteiger partial charge on any atom is 0.427 e. The average Bonchev–Trinajstić information content (AvgIpc) is 2.25. The van der Waals surface area contributed by atoms with Crippen molar-refractivity contribution in [2.75, 3.05) is 6.61 Å². The molecule has 0 atom stereocenters. The fourth-order valence-corrected chi connectivity index (χ4v) is 1.51. The second kappa shape index (κ2) is 6.32. The minimum absolute atomic E-state index is 0.107. The summed E-state index contributed by atoms with van der Waals surface area (Å²) in [6, 6.07) is 2.85. The summed E-state index contributed by atoms with van der Waals surface area (Å²) in [4.78, 5) is 10.9. The van der Waals surface area contributed by atoms with Crippen LogP contribution >= 0.6 is 23.2 Å². The predicted molar refractivity (Wildman–Crippen MR) is 65.9 cm³/mol. The van der Waals surface area contributed by atoms with Gasteiger partial charge in [-0.2, -0.15) is 5.10 Å². The number of amides is 1. The fourth-order valence-electron chi connectivity index (χ4n) is 1.00. The molecule has 1 amide bonds. The molecule has 0 aliphatic carbocycles. The zero-order valence-corrected chi connectivity index (χ0v) is 10.4. The van der Waals surface area contributed by atoms with Crippen molar-refractivity contribution < 1.29 is 14.6 Å². The van der Waals surface area contributed by atoms with E-state index in [0.717, 1.165) is 0 Å². The largest absolute Gasteiger partial charge is 0.506 e. The molecule has 1 rings (SSSR count). The number of benzene rings is 1. The summed E-state index contributed by atoms with van der Waals surface area (Å²) in [7, 11) is 0. The molecule has 0 saturated heterocycles. The molecule has 0 heterocycles. The number of phenols is 1. The van der Waals surface area contributed by atoms with Crippen LogP contribution in [0.15, 0.2) is 17.2 Å². The lowest BCUT2D eigenvalue weighted by Gasteiger charge is -2.02. The van der Waals surface area contributed by atoms with Gasteiger partial charge >= 0.3 is 6.09 Å². The van der Waals surface area contributed by atoms with Crippen molar-refractivity contribution in [1.29, 1.82) is 0 Å². The molecular weight excluding hydrogens is 267 g/mol. The van der Waals surface area contributed by atoms with Crippen molar-refractivity contribution in [2.24, 2.45) is 5.10 Å². The van der Waals surface area contributed by atoms with Crippen LogP contribution < -0.4 is 5.43 Å². The average molecular weight is 277 g/mol. The Bertz CT molecular complexity index is 449. The van der Waals surface area contributed by atoms with Crippen LogP contribution in [-0.4, -0.2) is 24.0 Å².